The normalized spacial score (nSPS) is 20.6. The maximum atomic E-state index is 4.49. The molecule has 114 valence electrons. The van der Waals surface area contributed by atoms with Gasteiger partial charge in [0.2, 0.25) is 0 Å². The summed E-state index contributed by atoms with van der Waals surface area (Å²) in [5, 5.41) is 4.49. The van der Waals surface area contributed by atoms with Crippen molar-refractivity contribution in [2.75, 3.05) is 6.54 Å². The van der Waals surface area contributed by atoms with E-state index in [0.717, 1.165) is 6.54 Å². The third-order valence-corrected chi connectivity index (χ3v) is 5.54. The average Bonchev–Trinajstić information content (AvgIpc) is 2.90. The Hall–Kier alpha value is -1.13. The summed E-state index contributed by atoms with van der Waals surface area (Å²) < 4.78 is 1.94. The number of likely N-dealkylation sites (tertiary alicyclic amines) is 1. The Kier molecular flexibility index (Phi) is 4.45. The molecule has 0 N–H and O–H groups in total. The molecule has 1 aliphatic heterocycles. The lowest BCUT2D eigenvalue weighted by atomic mass is 10.1. The van der Waals surface area contributed by atoms with Crippen LogP contribution in [-0.2, 0) is 13.6 Å². The molecule has 0 radical (unpaired) electrons. The molecule has 3 rings (SSSR count). The molecular formula is C17H25N3S. The highest BCUT2D eigenvalue weighted by Gasteiger charge is 2.24. The smallest absolute Gasteiger partial charge is 0.0638 e. The van der Waals surface area contributed by atoms with Gasteiger partial charge >= 0.3 is 0 Å². The second kappa shape index (κ2) is 6.32. The molecule has 0 amide bonds. The first-order chi connectivity index (χ1) is 10.1. The van der Waals surface area contributed by atoms with E-state index < -0.39 is 0 Å². The summed E-state index contributed by atoms with van der Waals surface area (Å²) in [5.41, 5.74) is 2.54. The average molecular weight is 303 g/mol. The summed E-state index contributed by atoms with van der Waals surface area (Å²) in [7, 11) is 2.01. The van der Waals surface area contributed by atoms with E-state index in [2.05, 4.69) is 42.2 Å². The molecule has 0 aliphatic carbocycles. The molecule has 1 saturated heterocycles. The molecule has 3 heterocycles. The predicted molar refractivity (Wildman–Crippen MR) is 88.6 cm³/mol. The molecule has 0 spiro atoms. The van der Waals surface area contributed by atoms with E-state index in [9.17, 15) is 0 Å². The Bertz CT molecular complexity index is 599. The van der Waals surface area contributed by atoms with Crippen LogP contribution in [0.4, 0.5) is 0 Å². The third kappa shape index (κ3) is 3.38. The minimum absolute atomic E-state index is 0.589. The summed E-state index contributed by atoms with van der Waals surface area (Å²) >= 11 is 1.96. The van der Waals surface area contributed by atoms with Crippen molar-refractivity contribution >= 4 is 11.3 Å². The van der Waals surface area contributed by atoms with Crippen LogP contribution in [0.15, 0.2) is 18.3 Å². The predicted octanol–water partition coefficient (Wildman–Crippen LogP) is 4.22. The highest BCUT2D eigenvalue weighted by atomic mass is 32.1. The Morgan fingerprint density at radius 1 is 1.24 bits per heavy atom. The van der Waals surface area contributed by atoms with Crippen molar-refractivity contribution in [1.29, 1.82) is 0 Å². The van der Waals surface area contributed by atoms with Crippen LogP contribution in [-0.4, -0.2) is 21.2 Å². The second-order valence-corrected chi connectivity index (χ2v) is 7.52. The van der Waals surface area contributed by atoms with Crippen LogP contribution in [0.1, 0.15) is 52.7 Å². The fourth-order valence-corrected chi connectivity index (χ4v) is 4.38. The first-order valence-corrected chi connectivity index (χ1v) is 8.74. The molecule has 1 aliphatic rings. The summed E-state index contributed by atoms with van der Waals surface area (Å²) in [6.07, 6.45) is 7.50. The van der Waals surface area contributed by atoms with E-state index in [-0.39, 0.29) is 0 Å². The molecule has 0 bridgehead atoms. The Morgan fingerprint density at radius 3 is 2.76 bits per heavy atom. The van der Waals surface area contributed by atoms with Crippen molar-refractivity contribution in [3.8, 4) is 0 Å². The number of hydrogen-bond donors (Lipinski definition) is 0. The number of rotatable bonds is 3. The van der Waals surface area contributed by atoms with Crippen molar-refractivity contribution in [3.63, 3.8) is 0 Å². The van der Waals surface area contributed by atoms with Gasteiger partial charge in [-0.25, -0.2) is 0 Å². The van der Waals surface area contributed by atoms with Gasteiger partial charge in [0.15, 0.2) is 0 Å². The number of aryl methyl sites for hydroxylation is 3. The van der Waals surface area contributed by atoms with E-state index in [1.807, 2.05) is 23.1 Å². The van der Waals surface area contributed by atoms with E-state index in [1.165, 1.54) is 53.2 Å². The molecule has 2 aromatic rings. The van der Waals surface area contributed by atoms with Crippen LogP contribution in [0.2, 0.25) is 0 Å². The molecule has 1 unspecified atom stereocenters. The minimum Gasteiger partial charge on any atom is -0.291 e. The van der Waals surface area contributed by atoms with Gasteiger partial charge in [-0.3, -0.25) is 9.58 Å². The largest absolute Gasteiger partial charge is 0.291 e. The lowest BCUT2D eigenvalue weighted by molar-refractivity contribution is 0.195. The molecule has 4 heteroatoms. The van der Waals surface area contributed by atoms with E-state index >= 15 is 0 Å². The molecule has 3 nitrogen and oxygen atoms in total. The van der Waals surface area contributed by atoms with Gasteiger partial charge in [0.1, 0.15) is 0 Å². The molecule has 2 aromatic heterocycles. The van der Waals surface area contributed by atoms with Gasteiger partial charge in [-0.05, 0) is 45.4 Å². The molecule has 1 atom stereocenters. The van der Waals surface area contributed by atoms with E-state index in [1.54, 1.807) is 0 Å². The van der Waals surface area contributed by atoms with Crippen LogP contribution in [0.25, 0.3) is 0 Å². The van der Waals surface area contributed by atoms with Crippen LogP contribution >= 0.6 is 11.3 Å². The lowest BCUT2D eigenvalue weighted by Crippen LogP contribution is -2.27. The number of aromatic nitrogens is 2. The van der Waals surface area contributed by atoms with Gasteiger partial charge < -0.3 is 0 Å². The highest BCUT2D eigenvalue weighted by molar-refractivity contribution is 7.12. The van der Waals surface area contributed by atoms with Crippen LogP contribution < -0.4 is 0 Å². The number of hydrogen-bond acceptors (Lipinski definition) is 3. The van der Waals surface area contributed by atoms with Crippen molar-refractivity contribution in [2.45, 2.75) is 52.1 Å². The molecule has 1 fully saturated rings. The summed E-state index contributed by atoms with van der Waals surface area (Å²) in [5.74, 6) is 0. The zero-order valence-corrected chi connectivity index (χ0v) is 14.1. The number of thiophene rings is 1. The summed E-state index contributed by atoms with van der Waals surface area (Å²) in [6, 6.07) is 5.18. The Morgan fingerprint density at radius 2 is 2.10 bits per heavy atom. The van der Waals surface area contributed by atoms with Crippen molar-refractivity contribution < 1.29 is 0 Å². The Balaban J connectivity index is 1.83. The van der Waals surface area contributed by atoms with Crippen molar-refractivity contribution in [2.24, 2.45) is 7.05 Å². The SMILES string of the molecule is Cc1ccc(C2CCCCCN2Cc2cn(C)nc2C)s1. The first kappa shape index (κ1) is 14.8. The molecule has 21 heavy (non-hydrogen) atoms. The molecule has 0 saturated carbocycles. The summed E-state index contributed by atoms with van der Waals surface area (Å²) in [6.45, 7) is 6.56. The highest BCUT2D eigenvalue weighted by Crippen LogP contribution is 2.35. The zero-order chi connectivity index (χ0) is 14.8. The van der Waals surface area contributed by atoms with Gasteiger partial charge in [-0.2, -0.15) is 5.10 Å². The standard InChI is InChI=1S/C17H25N3S/c1-13-8-9-17(21-13)16-7-5-4-6-10-20(16)12-15-11-19(3)18-14(15)2/h8-9,11,16H,4-7,10,12H2,1-3H3. The third-order valence-electron chi connectivity index (χ3n) is 4.44. The quantitative estimate of drug-likeness (QED) is 0.846. The van der Waals surface area contributed by atoms with Gasteiger partial charge in [-0.15, -0.1) is 11.3 Å². The lowest BCUT2D eigenvalue weighted by Gasteiger charge is -2.29. The summed E-state index contributed by atoms with van der Waals surface area (Å²) in [4.78, 5) is 5.63. The maximum absolute atomic E-state index is 4.49. The van der Waals surface area contributed by atoms with Gasteiger partial charge in [0, 0.05) is 41.1 Å². The van der Waals surface area contributed by atoms with Crippen LogP contribution in [0.5, 0.6) is 0 Å². The van der Waals surface area contributed by atoms with Gasteiger partial charge in [0.05, 0.1) is 5.69 Å². The zero-order valence-electron chi connectivity index (χ0n) is 13.3. The topological polar surface area (TPSA) is 21.1 Å². The van der Waals surface area contributed by atoms with Crippen LogP contribution in [0.3, 0.4) is 0 Å². The molecular weight excluding hydrogens is 278 g/mol. The monoisotopic (exact) mass is 303 g/mol. The maximum Gasteiger partial charge on any atom is 0.0638 e. The van der Waals surface area contributed by atoms with Crippen molar-refractivity contribution in [1.82, 2.24) is 14.7 Å². The first-order valence-electron chi connectivity index (χ1n) is 7.93. The second-order valence-electron chi connectivity index (χ2n) is 6.20. The minimum atomic E-state index is 0.589. The van der Waals surface area contributed by atoms with Crippen molar-refractivity contribution in [3.05, 3.63) is 39.3 Å². The van der Waals surface area contributed by atoms with Gasteiger partial charge in [-0.1, -0.05) is 12.8 Å². The van der Waals surface area contributed by atoms with Gasteiger partial charge in [0.25, 0.3) is 0 Å². The fourth-order valence-electron chi connectivity index (χ4n) is 3.33. The fraction of sp³-hybridized carbons (Fsp3) is 0.588. The number of nitrogens with zero attached hydrogens (tertiary/aromatic N) is 3. The molecule has 0 aromatic carbocycles. The van der Waals surface area contributed by atoms with Crippen LogP contribution in [0, 0.1) is 13.8 Å². The van der Waals surface area contributed by atoms with E-state index in [4.69, 9.17) is 0 Å². The van der Waals surface area contributed by atoms with E-state index in [0.29, 0.717) is 6.04 Å². The Labute approximate surface area is 131 Å².